The van der Waals surface area contributed by atoms with Crippen LogP contribution in [0.5, 0.6) is 5.75 Å². The van der Waals surface area contributed by atoms with Gasteiger partial charge in [-0.3, -0.25) is 10.2 Å². The van der Waals surface area contributed by atoms with Crippen molar-refractivity contribution in [2.45, 2.75) is 30.8 Å². The molecule has 0 heterocycles. The lowest BCUT2D eigenvalue weighted by molar-refractivity contribution is -0.121. The molecule has 1 aromatic carbocycles. The summed E-state index contributed by atoms with van der Waals surface area (Å²) in [5.41, 5.74) is 3.38. The number of thioether (sulfide) groups is 1. The highest BCUT2D eigenvalue weighted by Gasteiger charge is 2.22. The number of hydrazine groups is 1. The van der Waals surface area contributed by atoms with E-state index in [1.165, 1.54) is 5.56 Å². The lowest BCUT2D eigenvalue weighted by Gasteiger charge is -2.22. The van der Waals surface area contributed by atoms with Crippen LogP contribution >= 0.6 is 11.8 Å². The molecule has 1 rings (SSSR count). The Labute approximate surface area is 112 Å². The summed E-state index contributed by atoms with van der Waals surface area (Å²) in [5.74, 6) is 6.67. The molecule has 1 amide bonds. The van der Waals surface area contributed by atoms with E-state index >= 15 is 0 Å². The summed E-state index contributed by atoms with van der Waals surface area (Å²) >= 11 is 1.73. The van der Waals surface area contributed by atoms with Gasteiger partial charge in [-0.15, -0.1) is 0 Å². The first kappa shape index (κ1) is 14.9. The molecule has 0 aliphatic heterocycles. The van der Waals surface area contributed by atoms with E-state index in [1.54, 1.807) is 18.9 Å². The SMILES string of the molecule is COc1ccc(CSC(C)(C)CC(=O)NN)cc1. The summed E-state index contributed by atoms with van der Waals surface area (Å²) in [6.07, 6.45) is 0.407. The zero-order chi connectivity index (χ0) is 13.6. The fourth-order valence-electron chi connectivity index (χ4n) is 1.49. The maximum atomic E-state index is 11.3. The first-order chi connectivity index (χ1) is 8.46. The van der Waals surface area contributed by atoms with Gasteiger partial charge in [-0.25, -0.2) is 5.84 Å². The molecule has 0 saturated carbocycles. The average Bonchev–Trinajstić information content (AvgIpc) is 2.36. The number of hydrogen-bond donors (Lipinski definition) is 2. The molecular formula is C13H20N2O2S. The van der Waals surface area contributed by atoms with Crippen molar-refractivity contribution in [3.05, 3.63) is 29.8 Å². The van der Waals surface area contributed by atoms with Crippen molar-refractivity contribution in [3.63, 3.8) is 0 Å². The number of carbonyl (C=O) groups excluding carboxylic acids is 1. The van der Waals surface area contributed by atoms with Crippen LogP contribution in [0.3, 0.4) is 0 Å². The van der Waals surface area contributed by atoms with Crippen LogP contribution in [0.1, 0.15) is 25.8 Å². The van der Waals surface area contributed by atoms with E-state index < -0.39 is 0 Å². The number of hydrogen-bond acceptors (Lipinski definition) is 4. The van der Waals surface area contributed by atoms with E-state index in [0.717, 1.165) is 11.5 Å². The van der Waals surface area contributed by atoms with Crippen molar-refractivity contribution in [1.82, 2.24) is 5.43 Å². The molecule has 4 nitrogen and oxygen atoms in total. The Morgan fingerprint density at radius 2 is 2.00 bits per heavy atom. The Morgan fingerprint density at radius 1 is 1.39 bits per heavy atom. The number of nitrogens with two attached hydrogens (primary N) is 1. The molecule has 0 spiro atoms. The van der Waals surface area contributed by atoms with E-state index in [0.29, 0.717) is 6.42 Å². The molecule has 0 unspecified atom stereocenters. The summed E-state index contributed by atoms with van der Waals surface area (Å²) < 4.78 is 4.97. The predicted octanol–water partition coefficient (Wildman–Crippen LogP) is 2.09. The van der Waals surface area contributed by atoms with Crippen LogP contribution in [0.4, 0.5) is 0 Å². The van der Waals surface area contributed by atoms with Gasteiger partial charge in [-0.1, -0.05) is 26.0 Å². The number of benzene rings is 1. The van der Waals surface area contributed by atoms with E-state index in [4.69, 9.17) is 10.6 Å². The molecular weight excluding hydrogens is 248 g/mol. The Hall–Kier alpha value is -1.20. The number of methoxy groups -OCH3 is 1. The van der Waals surface area contributed by atoms with E-state index in [2.05, 4.69) is 5.43 Å². The van der Waals surface area contributed by atoms with Gasteiger partial charge in [0.1, 0.15) is 5.75 Å². The fourth-order valence-corrected chi connectivity index (χ4v) is 2.47. The minimum atomic E-state index is -0.137. The number of ether oxygens (including phenoxy) is 1. The smallest absolute Gasteiger partial charge is 0.235 e. The van der Waals surface area contributed by atoms with Crippen molar-refractivity contribution in [3.8, 4) is 5.75 Å². The molecule has 1 aromatic rings. The van der Waals surface area contributed by atoms with Crippen LogP contribution in [0, 0.1) is 0 Å². The van der Waals surface area contributed by atoms with E-state index in [9.17, 15) is 4.79 Å². The third kappa shape index (κ3) is 4.98. The second kappa shape index (κ2) is 6.66. The number of amides is 1. The van der Waals surface area contributed by atoms with Crippen LogP contribution in [-0.2, 0) is 10.5 Å². The molecule has 0 fully saturated rings. The van der Waals surface area contributed by atoms with Crippen LogP contribution in [0.2, 0.25) is 0 Å². The van der Waals surface area contributed by atoms with E-state index in [-0.39, 0.29) is 10.7 Å². The van der Waals surface area contributed by atoms with Crippen LogP contribution in [0.25, 0.3) is 0 Å². The second-order valence-electron chi connectivity index (χ2n) is 4.64. The third-order valence-corrected chi connectivity index (χ3v) is 3.94. The summed E-state index contributed by atoms with van der Waals surface area (Å²) in [6.45, 7) is 4.08. The number of nitrogens with one attached hydrogen (secondary N) is 1. The molecule has 0 aliphatic rings. The molecule has 0 radical (unpaired) electrons. The quantitative estimate of drug-likeness (QED) is 0.471. The summed E-state index contributed by atoms with van der Waals surface area (Å²) in [7, 11) is 1.65. The molecule has 0 aliphatic carbocycles. The molecule has 5 heteroatoms. The highest BCUT2D eigenvalue weighted by molar-refractivity contribution is 7.99. The van der Waals surface area contributed by atoms with Crippen molar-refractivity contribution >= 4 is 17.7 Å². The average molecular weight is 268 g/mol. The van der Waals surface area contributed by atoms with Crippen LogP contribution in [-0.4, -0.2) is 17.8 Å². The Bertz CT molecular complexity index is 390. The van der Waals surface area contributed by atoms with Crippen molar-refractivity contribution in [2.75, 3.05) is 7.11 Å². The summed E-state index contributed by atoms with van der Waals surface area (Å²) in [4.78, 5) is 11.3. The maximum Gasteiger partial charge on any atom is 0.235 e. The zero-order valence-corrected chi connectivity index (χ0v) is 11.8. The molecule has 100 valence electrons. The zero-order valence-electron chi connectivity index (χ0n) is 11.0. The van der Waals surface area contributed by atoms with Gasteiger partial charge in [-0.05, 0) is 17.7 Å². The Balaban J connectivity index is 2.50. The van der Waals surface area contributed by atoms with Gasteiger partial charge in [0.15, 0.2) is 0 Å². The van der Waals surface area contributed by atoms with E-state index in [1.807, 2.05) is 38.1 Å². The van der Waals surface area contributed by atoms with Crippen LogP contribution < -0.4 is 16.0 Å². The largest absolute Gasteiger partial charge is 0.497 e. The van der Waals surface area contributed by atoms with Gasteiger partial charge in [0.2, 0.25) is 5.91 Å². The first-order valence-corrected chi connectivity index (χ1v) is 6.72. The normalized spacial score (nSPS) is 11.1. The van der Waals surface area contributed by atoms with Crippen LogP contribution in [0.15, 0.2) is 24.3 Å². The van der Waals surface area contributed by atoms with Gasteiger partial charge in [0.05, 0.1) is 7.11 Å². The minimum Gasteiger partial charge on any atom is -0.497 e. The lowest BCUT2D eigenvalue weighted by Crippen LogP contribution is -2.35. The van der Waals surface area contributed by atoms with Gasteiger partial charge in [0.25, 0.3) is 0 Å². The van der Waals surface area contributed by atoms with Crippen molar-refractivity contribution in [1.29, 1.82) is 0 Å². The second-order valence-corrected chi connectivity index (χ2v) is 6.32. The van der Waals surface area contributed by atoms with Gasteiger partial charge in [0, 0.05) is 16.9 Å². The van der Waals surface area contributed by atoms with Gasteiger partial charge >= 0.3 is 0 Å². The summed E-state index contributed by atoms with van der Waals surface area (Å²) in [6, 6.07) is 7.95. The van der Waals surface area contributed by atoms with Gasteiger partial charge in [-0.2, -0.15) is 11.8 Å². The van der Waals surface area contributed by atoms with Crippen molar-refractivity contribution in [2.24, 2.45) is 5.84 Å². The topological polar surface area (TPSA) is 64.3 Å². The third-order valence-electron chi connectivity index (χ3n) is 2.54. The Morgan fingerprint density at radius 3 is 2.50 bits per heavy atom. The molecule has 0 atom stereocenters. The highest BCUT2D eigenvalue weighted by atomic mass is 32.2. The molecule has 3 N–H and O–H groups in total. The Kier molecular flexibility index (Phi) is 5.50. The monoisotopic (exact) mass is 268 g/mol. The standard InChI is InChI=1S/C13H20N2O2S/c1-13(2,8-12(16)15-14)18-9-10-4-6-11(17-3)7-5-10/h4-7H,8-9,14H2,1-3H3,(H,15,16). The van der Waals surface area contributed by atoms with Gasteiger partial charge < -0.3 is 4.74 Å². The minimum absolute atomic E-state index is 0.136. The fraction of sp³-hybridized carbons (Fsp3) is 0.462. The predicted molar refractivity (Wildman–Crippen MR) is 75.3 cm³/mol. The summed E-state index contributed by atoms with van der Waals surface area (Å²) in [5, 5.41) is 0. The number of rotatable bonds is 6. The molecule has 0 saturated heterocycles. The highest BCUT2D eigenvalue weighted by Crippen LogP contribution is 2.31. The molecule has 0 aromatic heterocycles. The van der Waals surface area contributed by atoms with Crippen molar-refractivity contribution < 1.29 is 9.53 Å². The molecule has 18 heavy (non-hydrogen) atoms. The maximum absolute atomic E-state index is 11.3. The first-order valence-electron chi connectivity index (χ1n) is 5.73. The molecule has 0 bridgehead atoms. The number of carbonyl (C=O) groups is 1. The lowest BCUT2D eigenvalue weighted by atomic mass is 10.1.